The monoisotopic (exact) mass is 324 g/mol. The van der Waals surface area contributed by atoms with Crippen LogP contribution < -0.4 is 9.47 Å². The predicted molar refractivity (Wildman–Crippen MR) is 95.0 cm³/mol. The summed E-state index contributed by atoms with van der Waals surface area (Å²) >= 11 is 0. The van der Waals surface area contributed by atoms with Gasteiger partial charge in [0.05, 0.1) is 14.2 Å². The van der Waals surface area contributed by atoms with Crippen LogP contribution in [0.5, 0.6) is 11.5 Å². The summed E-state index contributed by atoms with van der Waals surface area (Å²) in [5.74, 6) is 0.851. The van der Waals surface area contributed by atoms with Crippen molar-refractivity contribution in [1.82, 2.24) is 0 Å². The number of rotatable bonds is 7. The van der Waals surface area contributed by atoms with Crippen molar-refractivity contribution in [3.05, 3.63) is 71.8 Å². The molecule has 0 saturated carbocycles. The van der Waals surface area contributed by atoms with E-state index in [1.165, 1.54) is 6.08 Å². The second-order valence-corrected chi connectivity index (χ2v) is 4.89. The number of methoxy groups -OCH3 is 2. The Labute approximate surface area is 142 Å². The summed E-state index contributed by atoms with van der Waals surface area (Å²) < 4.78 is 15.5. The third-order valence-corrected chi connectivity index (χ3v) is 3.25. The van der Waals surface area contributed by atoms with Crippen molar-refractivity contribution in [2.75, 3.05) is 20.8 Å². The fourth-order valence-corrected chi connectivity index (χ4v) is 2.05. The van der Waals surface area contributed by atoms with Crippen LogP contribution in [0.4, 0.5) is 0 Å². The van der Waals surface area contributed by atoms with Gasteiger partial charge in [-0.25, -0.2) is 4.79 Å². The molecule has 0 unspecified atom stereocenters. The molecule has 0 fully saturated rings. The Morgan fingerprint density at radius 3 is 2.38 bits per heavy atom. The Bertz CT molecular complexity index is 718. The quantitative estimate of drug-likeness (QED) is 0.571. The fraction of sp³-hybridized carbons (Fsp3) is 0.150. The Balaban J connectivity index is 1.85. The highest BCUT2D eigenvalue weighted by molar-refractivity contribution is 5.87. The molecule has 4 nitrogen and oxygen atoms in total. The van der Waals surface area contributed by atoms with Gasteiger partial charge in [-0.3, -0.25) is 0 Å². The van der Waals surface area contributed by atoms with E-state index < -0.39 is 5.97 Å². The smallest absolute Gasteiger partial charge is 0.331 e. The minimum absolute atomic E-state index is 0.226. The van der Waals surface area contributed by atoms with Crippen molar-refractivity contribution in [3.63, 3.8) is 0 Å². The maximum Gasteiger partial charge on any atom is 0.331 e. The standard InChI is InChI=1S/C20H20O4/c1-22-18-12-10-17(15-19(18)23-2)11-13-20(21)24-14-6-9-16-7-4-3-5-8-16/h3-13,15H,14H2,1-2H3/b9-6+,13-11-. The first-order valence-corrected chi connectivity index (χ1v) is 7.51. The van der Waals surface area contributed by atoms with Crippen LogP contribution in [0.2, 0.25) is 0 Å². The second kappa shape index (κ2) is 9.20. The number of carbonyl (C=O) groups is 1. The summed E-state index contributed by atoms with van der Waals surface area (Å²) in [5, 5.41) is 0. The molecular formula is C20H20O4. The van der Waals surface area contributed by atoms with E-state index in [4.69, 9.17) is 14.2 Å². The van der Waals surface area contributed by atoms with Gasteiger partial charge in [-0.15, -0.1) is 0 Å². The molecule has 0 heterocycles. The molecule has 2 aromatic carbocycles. The van der Waals surface area contributed by atoms with E-state index in [-0.39, 0.29) is 6.61 Å². The molecule has 0 amide bonds. The Morgan fingerprint density at radius 2 is 1.67 bits per heavy atom. The number of ether oxygens (including phenoxy) is 3. The maximum absolute atomic E-state index is 11.7. The summed E-state index contributed by atoms with van der Waals surface area (Å²) in [4.78, 5) is 11.7. The highest BCUT2D eigenvalue weighted by Crippen LogP contribution is 2.27. The van der Waals surface area contributed by atoms with Crippen LogP contribution in [0.3, 0.4) is 0 Å². The molecule has 0 aliphatic rings. The van der Waals surface area contributed by atoms with Crippen molar-refractivity contribution in [2.45, 2.75) is 0 Å². The van der Waals surface area contributed by atoms with Gasteiger partial charge in [0.15, 0.2) is 11.5 Å². The van der Waals surface area contributed by atoms with Crippen molar-refractivity contribution < 1.29 is 19.0 Å². The zero-order chi connectivity index (χ0) is 17.2. The number of hydrogen-bond acceptors (Lipinski definition) is 4. The Morgan fingerprint density at radius 1 is 0.917 bits per heavy atom. The average Bonchev–Trinajstić information content (AvgIpc) is 2.64. The zero-order valence-corrected chi connectivity index (χ0v) is 13.8. The zero-order valence-electron chi connectivity index (χ0n) is 13.8. The normalized spacial score (nSPS) is 10.9. The van der Waals surface area contributed by atoms with Gasteiger partial charge in [0.25, 0.3) is 0 Å². The van der Waals surface area contributed by atoms with E-state index in [0.29, 0.717) is 11.5 Å². The van der Waals surface area contributed by atoms with Crippen molar-refractivity contribution in [2.24, 2.45) is 0 Å². The van der Waals surface area contributed by atoms with E-state index in [1.54, 1.807) is 38.5 Å². The van der Waals surface area contributed by atoms with Gasteiger partial charge in [0.2, 0.25) is 0 Å². The van der Waals surface area contributed by atoms with E-state index in [0.717, 1.165) is 11.1 Å². The summed E-state index contributed by atoms with van der Waals surface area (Å²) in [6.45, 7) is 0.226. The minimum Gasteiger partial charge on any atom is -0.493 e. The van der Waals surface area contributed by atoms with E-state index >= 15 is 0 Å². The first-order valence-electron chi connectivity index (χ1n) is 7.51. The van der Waals surface area contributed by atoms with Gasteiger partial charge in [0.1, 0.15) is 6.61 Å². The topological polar surface area (TPSA) is 44.8 Å². The SMILES string of the molecule is COc1ccc(/C=C\C(=O)OC/C=C/c2ccccc2)cc1OC. The lowest BCUT2D eigenvalue weighted by Crippen LogP contribution is -1.99. The molecule has 2 aromatic rings. The predicted octanol–water partition coefficient (Wildman–Crippen LogP) is 3.97. The molecule has 0 aliphatic carbocycles. The molecule has 0 atom stereocenters. The third kappa shape index (κ3) is 5.32. The molecular weight excluding hydrogens is 304 g/mol. The minimum atomic E-state index is -0.400. The molecule has 0 spiro atoms. The van der Waals surface area contributed by atoms with Crippen LogP contribution in [0.15, 0.2) is 60.7 Å². The molecule has 24 heavy (non-hydrogen) atoms. The van der Waals surface area contributed by atoms with Crippen LogP contribution in [0.25, 0.3) is 12.2 Å². The van der Waals surface area contributed by atoms with Gasteiger partial charge < -0.3 is 14.2 Å². The van der Waals surface area contributed by atoms with Gasteiger partial charge >= 0.3 is 5.97 Å². The highest BCUT2D eigenvalue weighted by atomic mass is 16.5. The van der Waals surface area contributed by atoms with Crippen LogP contribution in [-0.2, 0) is 9.53 Å². The maximum atomic E-state index is 11.7. The lowest BCUT2D eigenvalue weighted by Gasteiger charge is -2.07. The van der Waals surface area contributed by atoms with Crippen LogP contribution >= 0.6 is 0 Å². The van der Waals surface area contributed by atoms with Crippen LogP contribution in [0, 0.1) is 0 Å². The molecule has 0 N–H and O–H groups in total. The summed E-state index contributed by atoms with van der Waals surface area (Å²) in [7, 11) is 3.15. The first-order chi connectivity index (χ1) is 11.7. The van der Waals surface area contributed by atoms with Crippen molar-refractivity contribution in [3.8, 4) is 11.5 Å². The molecule has 0 aliphatic heterocycles. The van der Waals surface area contributed by atoms with Gasteiger partial charge in [-0.1, -0.05) is 42.5 Å². The molecule has 0 aromatic heterocycles. The lowest BCUT2D eigenvalue weighted by atomic mass is 10.2. The number of carbonyl (C=O) groups excluding carboxylic acids is 1. The third-order valence-electron chi connectivity index (χ3n) is 3.25. The second-order valence-electron chi connectivity index (χ2n) is 4.89. The molecule has 2 rings (SSSR count). The largest absolute Gasteiger partial charge is 0.493 e. The number of hydrogen-bond donors (Lipinski definition) is 0. The summed E-state index contributed by atoms with van der Waals surface area (Å²) in [6, 6.07) is 15.2. The van der Waals surface area contributed by atoms with Gasteiger partial charge in [0, 0.05) is 6.08 Å². The van der Waals surface area contributed by atoms with Gasteiger partial charge in [-0.05, 0) is 35.4 Å². The lowest BCUT2D eigenvalue weighted by molar-refractivity contribution is -0.136. The summed E-state index contributed by atoms with van der Waals surface area (Å²) in [6.07, 6.45) is 6.77. The van der Waals surface area contributed by atoms with Gasteiger partial charge in [-0.2, -0.15) is 0 Å². The molecule has 124 valence electrons. The van der Waals surface area contributed by atoms with Crippen LogP contribution in [-0.4, -0.2) is 26.8 Å². The van der Waals surface area contributed by atoms with E-state index in [9.17, 15) is 4.79 Å². The Hall–Kier alpha value is -3.01. The molecule has 0 bridgehead atoms. The van der Waals surface area contributed by atoms with Crippen molar-refractivity contribution in [1.29, 1.82) is 0 Å². The average molecular weight is 324 g/mol. The molecule has 4 heteroatoms. The van der Waals surface area contributed by atoms with Crippen LogP contribution in [0.1, 0.15) is 11.1 Å². The van der Waals surface area contributed by atoms with E-state index in [1.807, 2.05) is 42.5 Å². The summed E-state index contributed by atoms with van der Waals surface area (Å²) in [5.41, 5.74) is 1.89. The van der Waals surface area contributed by atoms with E-state index in [2.05, 4.69) is 0 Å². The molecule has 0 saturated heterocycles. The number of benzene rings is 2. The first kappa shape index (κ1) is 17.3. The number of esters is 1. The highest BCUT2D eigenvalue weighted by Gasteiger charge is 2.03. The van der Waals surface area contributed by atoms with Crippen molar-refractivity contribution >= 4 is 18.1 Å². The molecule has 0 radical (unpaired) electrons. The Kier molecular flexibility index (Phi) is 6.65. The fourth-order valence-electron chi connectivity index (χ4n) is 2.05.